The van der Waals surface area contributed by atoms with Crippen molar-refractivity contribution in [1.29, 1.82) is 0 Å². The minimum atomic E-state index is -0.113. The van der Waals surface area contributed by atoms with Crippen molar-refractivity contribution in [3.63, 3.8) is 0 Å². The number of ether oxygens (including phenoxy) is 2. The van der Waals surface area contributed by atoms with Gasteiger partial charge in [-0.1, -0.05) is 12.1 Å². The number of hydrogen-bond donors (Lipinski definition) is 2. The predicted molar refractivity (Wildman–Crippen MR) is 112 cm³/mol. The van der Waals surface area contributed by atoms with E-state index in [1.807, 2.05) is 54.6 Å². The summed E-state index contributed by atoms with van der Waals surface area (Å²) in [5, 5.41) is 11.1. The second kappa shape index (κ2) is 7.63. The van der Waals surface area contributed by atoms with Gasteiger partial charge in [-0.2, -0.15) is 5.10 Å². The van der Waals surface area contributed by atoms with E-state index in [1.54, 1.807) is 14.2 Å². The maximum Gasteiger partial charge on any atom is 0.221 e. The van der Waals surface area contributed by atoms with Crippen LogP contribution in [0.4, 0.5) is 5.69 Å². The zero-order chi connectivity index (χ0) is 20.4. The van der Waals surface area contributed by atoms with E-state index in [-0.39, 0.29) is 5.91 Å². The number of pyridine rings is 1. The molecule has 7 nitrogen and oxygen atoms in total. The number of hydrogen-bond acceptors (Lipinski definition) is 5. The number of methoxy groups -OCH3 is 2. The van der Waals surface area contributed by atoms with Crippen LogP contribution in [0.5, 0.6) is 11.5 Å². The van der Waals surface area contributed by atoms with Gasteiger partial charge in [-0.3, -0.25) is 9.89 Å². The number of aromatic amines is 1. The molecule has 4 rings (SSSR count). The van der Waals surface area contributed by atoms with E-state index in [4.69, 9.17) is 9.47 Å². The number of carbonyl (C=O) groups is 1. The molecule has 0 spiro atoms. The smallest absolute Gasteiger partial charge is 0.221 e. The lowest BCUT2D eigenvalue weighted by molar-refractivity contribution is -0.114. The molecule has 4 aromatic rings. The molecule has 0 fully saturated rings. The Morgan fingerprint density at radius 2 is 1.79 bits per heavy atom. The molecule has 0 saturated carbocycles. The first-order valence-electron chi connectivity index (χ1n) is 9.04. The highest BCUT2D eigenvalue weighted by molar-refractivity contribution is 5.93. The summed E-state index contributed by atoms with van der Waals surface area (Å²) in [6, 6.07) is 17.2. The maximum absolute atomic E-state index is 11.3. The highest BCUT2D eigenvalue weighted by Crippen LogP contribution is 2.34. The van der Waals surface area contributed by atoms with Crippen molar-refractivity contribution in [3.8, 4) is 34.0 Å². The van der Waals surface area contributed by atoms with E-state index in [0.717, 1.165) is 33.6 Å². The van der Waals surface area contributed by atoms with Crippen LogP contribution in [0.15, 0.2) is 54.6 Å². The van der Waals surface area contributed by atoms with Gasteiger partial charge in [0.1, 0.15) is 0 Å². The van der Waals surface area contributed by atoms with Crippen molar-refractivity contribution in [3.05, 3.63) is 54.6 Å². The van der Waals surface area contributed by atoms with Crippen LogP contribution in [0.2, 0.25) is 0 Å². The number of H-pyrrole nitrogens is 1. The molecule has 0 radical (unpaired) electrons. The van der Waals surface area contributed by atoms with Crippen LogP contribution >= 0.6 is 0 Å². The number of fused-ring (bicyclic) bond motifs is 1. The van der Waals surface area contributed by atoms with Crippen LogP contribution in [0, 0.1) is 0 Å². The van der Waals surface area contributed by atoms with E-state index in [9.17, 15) is 4.79 Å². The van der Waals surface area contributed by atoms with E-state index in [2.05, 4.69) is 20.5 Å². The fourth-order valence-electron chi connectivity index (χ4n) is 3.23. The number of nitrogens with zero attached hydrogens (tertiary/aromatic N) is 2. The van der Waals surface area contributed by atoms with E-state index in [0.29, 0.717) is 17.1 Å². The Morgan fingerprint density at radius 3 is 2.55 bits per heavy atom. The molecule has 0 aliphatic rings. The first kappa shape index (κ1) is 18.5. The molecular formula is C22H20N4O3. The van der Waals surface area contributed by atoms with Gasteiger partial charge in [-0.25, -0.2) is 4.98 Å². The van der Waals surface area contributed by atoms with Crippen molar-refractivity contribution in [1.82, 2.24) is 15.2 Å². The number of anilines is 1. The molecule has 2 N–H and O–H groups in total. The summed E-state index contributed by atoms with van der Waals surface area (Å²) in [5.74, 6) is 1.20. The predicted octanol–water partition coefficient (Wildman–Crippen LogP) is 4.27. The normalized spacial score (nSPS) is 10.7. The monoisotopic (exact) mass is 388 g/mol. The van der Waals surface area contributed by atoms with Gasteiger partial charge in [0.2, 0.25) is 5.91 Å². The molecule has 7 heteroatoms. The molecule has 29 heavy (non-hydrogen) atoms. The van der Waals surface area contributed by atoms with Crippen molar-refractivity contribution < 1.29 is 14.3 Å². The number of rotatable bonds is 5. The standard InChI is InChI=1S/C22H20N4O3/c1-13(27)23-16-6-4-5-14(11-16)18-9-8-17-21(25-26-22(17)24-18)15-7-10-19(28-2)20(12-15)29-3/h4-12H,1-3H3,(H,23,27)(H,24,25,26). The highest BCUT2D eigenvalue weighted by atomic mass is 16.5. The molecule has 2 heterocycles. The molecular weight excluding hydrogens is 368 g/mol. The van der Waals surface area contributed by atoms with E-state index in [1.165, 1.54) is 6.92 Å². The van der Waals surface area contributed by atoms with Gasteiger partial charge in [0, 0.05) is 29.1 Å². The molecule has 2 aromatic heterocycles. The van der Waals surface area contributed by atoms with Crippen molar-refractivity contribution in [2.75, 3.05) is 19.5 Å². The van der Waals surface area contributed by atoms with Crippen molar-refractivity contribution >= 4 is 22.6 Å². The number of amides is 1. The van der Waals surface area contributed by atoms with Crippen LogP contribution in [0.25, 0.3) is 33.5 Å². The average molecular weight is 388 g/mol. The molecule has 0 aliphatic carbocycles. The third-order valence-electron chi connectivity index (χ3n) is 4.57. The lowest BCUT2D eigenvalue weighted by Gasteiger charge is -2.09. The number of carbonyl (C=O) groups excluding carboxylic acids is 1. The minimum Gasteiger partial charge on any atom is -0.493 e. The largest absolute Gasteiger partial charge is 0.493 e. The fraction of sp³-hybridized carbons (Fsp3) is 0.136. The van der Waals surface area contributed by atoms with Gasteiger partial charge < -0.3 is 14.8 Å². The van der Waals surface area contributed by atoms with E-state index < -0.39 is 0 Å². The summed E-state index contributed by atoms with van der Waals surface area (Å²) in [7, 11) is 3.21. The highest BCUT2D eigenvalue weighted by Gasteiger charge is 2.13. The summed E-state index contributed by atoms with van der Waals surface area (Å²) < 4.78 is 10.7. The number of benzene rings is 2. The zero-order valence-electron chi connectivity index (χ0n) is 16.3. The van der Waals surface area contributed by atoms with Gasteiger partial charge in [0.15, 0.2) is 17.1 Å². The summed E-state index contributed by atoms with van der Waals surface area (Å²) in [6.45, 7) is 1.48. The van der Waals surface area contributed by atoms with Crippen LogP contribution in [-0.4, -0.2) is 35.3 Å². The van der Waals surface area contributed by atoms with Crippen molar-refractivity contribution in [2.45, 2.75) is 6.92 Å². The van der Waals surface area contributed by atoms with Gasteiger partial charge in [0.05, 0.1) is 25.6 Å². The average Bonchev–Trinajstić information content (AvgIpc) is 3.16. The molecule has 146 valence electrons. The molecule has 2 aromatic carbocycles. The third-order valence-corrected chi connectivity index (χ3v) is 4.57. The summed E-state index contributed by atoms with van der Waals surface area (Å²) in [5.41, 5.74) is 4.78. The van der Waals surface area contributed by atoms with Gasteiger partial charge in [-0.05, 0) is 42.5 Å². The fourth-order valence-corrected chi connectivity index (χ4v) is 3.23. The molecule has 0 bridgehead atoms. The van der Waals surface area contributed by atoms with E-state index >= 15 is 0 Å². The second-order valence-corrected chi connectivity index (χ2v) is 6.50. The molecule has 1 amide bonds. The Hall–Kier alpha value is -3.87. The summed E-state index contributed by atoms with van der Waals surface area (Å²) >= 11 is 0. The lowest BCUT2D eigenvalue weighted by atomic mass is 10.1. The van der Waals surface area contributed by atoms with Gasteiger partial charge in [-0.15, -0.1) is 0 Å². The Kier molecular flexibility index (Phi) is 4.87. The first-order chi connectivity index (χ1) is 14.1. The molecule has 0 saturated heterocycles. The quantitative estimate of drug-likeness (QED) is 0.533. The van der Waals surface area contributed by atoms with Crippen LogP contribution in [-0.2, 0) is 4.79 Å². The maximum atomic E-state index is 11.3. The zero-order valence-corrected chi connectivity index (χ0v) is 16.3. The Bertz CT molecular complexity index is 1200. The van der Waals surface area contributed by atoms with Gasteiger partial charge >= 0.3 is 0 Å². The first-order valence-corrected chi connectivity index (χ1v) is 9.04. The minimum absolute atomic E-state index is 0.113. The Labute approximate surface area is 167 Å². The van der Waals surface area contributed by atoms with Crippen LogP contribution in [0.1, 0.15) is 6.92 Å². The Morgan fingerprint density at radius 1 is 0.966 bits per heavy atom. The molecule has 0 unspecified atom stereocenters. The SMILES string of the molecule is COc1ccc(-c2[nH]nc3nc(-c4cccc(NC(C)=O)c4)ccc23)cc1OC. The molecule has 0 atom stereocenters. The van der Waals surface area contributed by atoms with Gasteiger partial charge in [0.25, 0.3) is 0 Å². The summed E-state index contributed by atoms with van der Waals surface area (Å²) in [6.07, 6.45) is 0. The lowest BCUT2D eigenvalue weighted by Crippen LogP contribution is -2.05. The van der Waals surface area contributed by atoms with Crippen LogP contribution in [0.3, 0.4) is 0 Å². The second-order valence-electron chi connectivity index (χ2n) is 6.50. The number of nitrogens with one attached hydrogen (secondary N) is 2. The summed E-state index contributed by atoms with van der Waals surface area (Å²) in [4.78, 5) is 16.0. The number of aromatic nitrogens is 3. The third kappa shape index (κ3) is 3.62. The van der Waals surface area contributed by atoms with Crippen LogP contribution < -0.4 is 14.8 Å². The Balaban J connectivity index is 1.72. The topological polar surface area (TPSA) is 89.1 Å². The molecule has 0 aliphatic heterocycles. The van der Waals surface area contributed by atoms with Crippen molar-refractivity contribution in [2.24, 2.45) is 0 Å².